The van der Waals surface area contributed by atoms with Gasteiger partial charge in [0, 0.05) is 66.9 Å². The van der Waals surface area contributed by atoms with Crippen LogP contribution in [-0.4, -0.2) is 74.8 Å². The normalized spacial score (nSPS) is 22.5. The number of hydrogen-bond donors (Lipinski definition) is 2. The van der Waals surface area contributed by atoms with Crippen molar-refractivity contribution in [2.75, 3.05) is 27.7 Å². The fraction of sp³-hybridized carbons (Fsp3) is 0.480. The van der Waals surface area contributed by atoms with Gasteiger partial charge in [0.25, 0.3) is 5.91 Å². The monoisotopic (exact) mass is 565 g/mol. The number of carbonyl (C=O) groups excluding carboxylic acids is 2. The molecule has 1 fully saturated rings. The first kappa shape index (κ1) is 27.7. The minimum absolute atomic E-state index is 0.0315. The molecule has 2 aromatic rings. The van der Waals surface area contributed by atoms with Crippen molar-refractivity contribution >= 4 is 50.9 Å². The van der Waals surface area contributed by atoms with E-state index in [-0.39, 0.29) is 17.7 Å². The Morgan fingerprint density at radius 3 is 2.62 bits per heavy atom. The Hall–Kier alpha value is -2.31. The highest BCUT2D eigenvalue weighted by atomic mass is 35.5. The summed E-state index contributed by atoms with van der Waals surface area (Å²) < 4.78 is 28.5. The number of hydrogen-bond acceptors (Lipinski definition) is 7. The molecule has 3 atom stereocenters. The van der Waals surface area contributed by atoms with E-state index >= 15 is 0 Å². The molecule has 9 nitrogen and oxygen atoms in total. The van der Waals surface area contributed by atoms with Crippen molar-refractivity contribution in [3.05, 3.63) is 55.8 Å². The molecule has 1 aromatic heterocycles. The zero-order valence-corrected chi connectivity index (χ0v) is 23.5. The third-order valence-corrected chi connectivity index (χ3v) is 9.16. The maximum Gasteiger partial charge on any atom is 0.280 e. The molecule has 1 aliphatic carbocycles. The third-order valence-electron chi connectivity index (χ3n) is 6.70. The van der Waals surface area contributed by atoms with Gasteiger partial charge in [-0.3, -0.25) is 9.59 Å². The highest BCUT2D eigenvalue weighted by Crippen LogP contribution is 2.29. The third kappa shape index (κ3) is 7.17. The van der Waals surface area contributed by atoms with E-state index in [4.69, 9.17) is 11.6 Å². The summed E-state index contributed by atoms with van der Waals surface area (Å²) in [5.74, 6) is -0.675. The molecule has 1 aliphatic heterocycles. The number of aromatic nitrogens is 1. The summed E-state index contributed by atoms with van der Waals surface area (Å²) in [5, 5.41) is 5.03. The van der Waals surface area contributed by atoms with Gasteiger partial charge < -0.3 is 15.1 Å². The van der Waals surface area contributed by atoms with Crippen LogP contribution in [0.4, 0.5) is 0 Å². The molecule has 2 amide bonds. The fourth-order valence-electron chi connectivity index (χ4n) is 4.70. The summed E-state index contributed by atoms with van der Waals surface area (Å²) >= 11 is 7.27. The summed E-state index contributed by atoms with van der Waals surface area (Å²) in [5.41, 5.74) is 1.64. The maximum atomic E-state index is 13.2. The number of sulfonamides is 1. The Morgan fingerprint density at radius 1 is 1.19 bits per heavy atom. The van der Waals surface area contributed by atoms with Crippen LogP contribution in [-0.2, 0) is 27.8 Å². The average Bonchev–Trinajstić information content (AvgIpc) is 3.27. The molecule has 0 radical (unpaired) electrons. The van der Waals surface area contributed by atoms with Crippen LogP contribution in [0.3, 0.4) is 0 Å². The van der Waals surface area contributed by atoms with E-state index in [2.05, 4.69) is 19.9 Å². The number of carbonyl (C=O) groups is 2. The van der Waals surface area contributed by atoms with Crippen LogP contribution in [0.25, 0.3) is 6.08 Å². The number of rotatable bonds is 7. The molecule has 0 bridgehead atoms. The topological polar surface area (TPSA) is 112 Å². The van der Waals surface area contributed by atoms with Crippen molar-refractivity contribution in [2.24, 2.45) is 5.92 Å². The first-order valence-electron chi connectivity index (χ1n) is 12.2. The summed E-state index contributed by atoms with van der Waals surface area (Å²) in [4.78, 5) is 35.2. The summed E-state index contributed by atoms with van der Waals surface area (Å²) in [6.07, 6.45) is 3.56. The lowest BCUT2D eigenvalue weighted by molar-refractivity contribution is -0.134. The number of likely N-dealkylation sites (N-methyl/N-ethyl adjacent to an activating group) is 1. The van der Waals surface area contributed by atoms with Crippen molar-refractivity contribution in [3.8, 4) is 0 Å². The van der Waals surface area contributed by atoms with E-state index in [0.29, 0.717) is 34.9 Å². The van der Waals surface area contributed by atoms with Gasteiger partial charge >= 0.3 is 0 Å². The van der Waals surface area contributed by atoms with Gasteiger partial charge in [-0.25, -0.2) is 18.1 Å². The summed E-state index contributed by atoms with van der Waals surface area (Å²) in [6.45, 7) is 1.65. The van der Waals surface area contributed by atoms with Crippen molar-refractivity contribution in [1.29, 1.82) is 0 Å². The van der Waals surface area contributed by atoms with Crippen LogP contribution >= 0.6 is 22.9 Å². The van der Waals surface area contributed by atoms with E-state index in [1.54, 1.807) is 38.4 Å². The number of nitrogens with one attached hydrogen (secondary N) is 2. The van der Waals surface area contributed by atoms with Crippen molar-refractivity contribution < 1.29 is 18.0 Å². The fourth-order valence-corrected chi connectivity index (χ4v) is 7.04. The number of amides is 2. The van der Waals surface area contributed by atoms with E-state index in [0.717, 1.165) is 35.5 Å². The molecule has 37 heavy (non-hydrogen) atoms. The highest BCUT2D eigenvalue weighted by molar-refractivity contribution is 7.92. The molecule has 2 N–H and O–H groups in total. The molecule has 0 spiro atoms. The lowest BCUT2D eigenvalue weighted by atomic mass is 9.82. The molecule has 4 rings (SSSR count). The van der Waals surface area contributed by atoms with Gasteiger partial charge in [0.1, 0.15) is 0 Å². The molecule has 12 heteroatoms. The average molecular weight is 566 g/mol. The SMILES string of the molecule is CN1CCc2nc(C(=O)N[C@@H]3C[C@@H](C(=O)N(C)C)CC[C@@H]3NS(=O)(=O)C=Cc3ccc(Cl)cc3)sc2C1. The Labute approximate surface area is 226 Å². The van der Waals surface area contributed by atoms with Crippen LogP contribution < -0.4 is 10.0 Å². The molecule has 0 unspecified atom stereocenters. The summed E-state index contributed by atoms with van der Waals surface area (Å²) in [6, 6.07) is 5.70. The first-order valence-corrected chi connectivity index (χ1v) is 14.9. The summed E-state index contributed by atoms with van der Waals surface area (Å²) in [7, 11) is 1.61. The Morgan fingerprint density at radius 2 is 1.92 bits per heavy atom. The Balaban J connectivity index is 1.50. The van der Waals surface area contributed by atoms with Crippen LogP contribution in [0.2, 0.25) is 5.02 Å². The predicted molar refractivity (Wildman–Crippen MR) is 146 cm³/mol. The van der Waals surface area contributed by atoms with Gasteiger partial charge in [-0.15, -0.1) is 11.3 Å². The van der Waals surface area contributed by atoms with E-state index in [1.165, 1.54) is 22.3 Å². The zero-order valence-electron chi connectivity index (χ0n) is 21.1. The largest absolute Gasteiger partial charge is 0.349 e. The van der Waals surface area contributed by atoms with E-state index < -0.39 is 22.1 Å². The number of benzene rings is 1. The maximum absolute atomic E-state index is 13.2. The first-order chi connectivity index (χ1) is 17.5. The molecule has 1 aromatic carbocycles. The molecule has 200 valence electrons. The molecular formula is C25H32ClN5O4S2. The quantitative estimate of drug-likeness (QED) is 0.534. The number of halogens is 1. The van der Waals surface area contributed by atoms with Gasteiger partial charge in [0.05, 0.1) is 5.69 Å². The zero-order chi connectivity index (χ0) is 26.7. The number of nitrogens with zero attached hydrogens (tertiary/aromatic N) is 3. The number of fused-ring (bicyclic) bond motifs is 1. The molecular weight excluding hydrogens is 534 g/mol. The lowest BCUT2D eigenvalue weighted by Gasteiger charge is -2.36. The molecule has 2 aliphatic rings. The van der Waals surface area contributed by atoms with Crippen molar-refractivity contribution in [2.45, 2.75) is 44.3 Å². The van der Waals surface area contributed by atoms with Crippen LogP contribution in [0.15, 0.2) is 29.7 Å². The second-order valence-corrected chi connectivity index (χ2v) is 12.9. The smallest absolute Gasteiger partial charge is 0.280 e. The second kappa shape index (κ2) is 11.6. The van der Waals surface area contributed by atoms with E-state index in [1.807, 2.05) is 7.05 Å². The minimum atomic E-state index is -3.81. The Bertz CT molecular complexity index is 1280. The van der Waals surface area contributed by atoms with Gasteiger partial charge in [-0.2, -0.15) is 0 Å². The second-order valence-electron chi connectivity index (χ2n) is 9.82. The van der Waals surface area contributed by atoms with Crippen LogP contribution in [0.1, 0.15) is 45.2 Å². The molecule has 1 saturated carbocycles. The van der Waals surface area contributed by atoms with Crippen LogP contribution in [0, 0.1) is 5.92 Å². The minimum Gasteiger partial charge on any atom is -0.349 e. The lowest BCUT2D eigenvalue weighted by Crippen LogP contribution is -2.55. The van der Waals surface area contributed by atoms with Crippen LogP contribution in [0.5, 0.6) is 0 Å². The predicted octanol–water partition coefficient (Wildman–Crippen LogP) is 2.73. The van der Waals surface area contributed by atoms with Crippen molar-refractivity contribution in [1.82, 2.24) is 24.8 Å². The molecule has 2 heterocycles. The number of thiazole rings is 1. The van der Waals surface area contributed by atoms with Crippen molar-refractivity contribution in [3.63, 3.8) is 0 Å². The van der Waals surface area contributed by atoms with E-state index in [9.17, 15) is 18.0 Å². The standard InChI is InChI=1S/C25H32ClN5O4S2/c1-30(2)25(33)17-6-9-19(29-37(34,35)13-11-16-4-7-18(26)8-5-16)21(14-17)27-23(32)24-28-20-10-12-31(3)15-22(20)36-24/h4-5,7-8,11,13,17,19,21,29H,6,9-10,12,14-15H2,1-3H3,(H,27,32)/t17-,19-,21+/m0/s1. The van der Waals surface area contributed by atoms with Gasteiger partial charge in [0.15, 0.2) is 5.01 Å². The van der Waals surface area contributed by atoms with Gasteiger partial charge in [-0.1, -0.05) is 23.7 Å². The van der Waals surface area contributed by atoms with Gasteiger partial charge in [-0.05, 0) is 50.1 Å². The Kier molecular flexibility index (Phi) is 8.70. The highest BCUT2D eigenvalue weighted by Gasteiger charge is 2.37. The van der Waals surface area contributed by atoms with Gasteiger partial charge in [0.2, 0.25) is 15.9 Å². The molecule has 0 saturated heterocycles.